The summed E-state index contributed by atoms with van der Waals surface area (Å²) in [7, 11) is 0. The van der Waals surface area contributed by atoms with Crippen LogP contribution in [0.25, 0.3) is 23.0 Å². The number of pyridine rings is 1. The number of nitrogens with zero attached hydrogens (tertiary/aromatic N) is 3. The third-order valence-corrected chi connectivity index (χ3v) is 4.17. The summed E-state index contributed by atoms with van der Waals surface area (Å²) in [5, 5.41) is 17.1. The van der Waals surface area contributed by atoms with Crippen LogP contribution in [0.3, 0.4) is 0 Å². The molecular formula is C21H16N4O3. The molecule has 0 saturated carbocycles. The first-order chi connectivity index (χ1) is 13.6. The van der Waals surface area contributed by atoms with E-state index in [2.05, 4.69) is 20.4 Å². The first kappa shape index (κ1) is 17.4. The van der Waals surface area contributed by atoms with E-state index in [1.807, 2.05) is 25.1 Å². The molecule has 0 fully saturated rings. The lowest BCUT2D eigenvalue weighted by Crippen LogP contribution is -2.11. The third kappa shape index (κ3) is 3.45. The second kappa shape index (κ2) is 7.32. The van der Waals surface area contributed by atoms with Crippen LogP contribution in [0, 0.1) is 6.92 Å². The number of carbonyl (C=O) groups excluding carboxylic acids is 1. The molecule has 28 heavy (non-hydrogen) atoms. The predicted octanol–water partition coefficient (Wildman–Crippen LogP) is 4.06. The van der Waals surface area contributed by atoms with Gasteiger partial charge in [0.05, 0.1) is 5.56 Å². The van der Waals surface area contributed by atoms with Crippen LogP contribution in [0.1, 0.15) is 15.9 Å². The maximum atomic E-state index is 12.2. The highest BCUT2D eigenvalue weighted by Gasteiger charge is 2.17. The lowest BCUT2D eigenvalue weighted by molar-refractivity contribution is 0.102. The van der Waals surface area contributed by atoms with Crippen molar-refractivity contribution in [1.82, 2.24) is 15.1 Å². The Kier molecular flexibility index (Phi) is 4.55. The smallest absolute Gasteiger partial charge is 0.262 e. The van der Waals surface area contributed by atoms with Crippen molar-refractivity contribution < 1.29 is 14.4 Å². The maximum absolute atomic E-state index is 12.2. The molecule has 2 aromatic heterocycles. The van der Waals surface area contributed by atoms with Crippen molar-refractivity contribution in [3.8, 4) is 28.7 Å². The Hall–Kier alpha value is -4.00. The van der Waals surface area contributed by atoms with Crippen LogP contribution in [0.2, 0.25) is 0 Å². The number of hydrogen-bond donors (Lipinski definition) is 2. The van der Waals surface area contributed by atoms with Crippen LogP contribution in [-0.4, -0.2) is 26.1 Å². The summed E-state index contributed by atoms with van der Waals surface area (Å²) in [6, 6.07) is 17.3. The van der Waals surface area contributed by atoms with Gasteiger partial charge in [-0.25, -0.2) is 0 Å². The van der Waals surface area contributed by atoms with Crippen molar-refractivity contribution in [3.05, 3.63) is 78.0 Å². The molecule has 0 aliphatic rings. The molecule has 0 radical (unpaired) electrons. The first-order valence-corrected chi connectivity index (χ1v) is 8.57. The van der Waals surface area contributed by atoms with Gasteiger partial charge in [0, 0.05) is 23.5 Å². The Morgan fingerprint density at radius 2 is 1.89 bits per heavy atom. The van der Waals surface area contributed by atoms with Crippen molar-refractivity contribution in [1.29, 1.82) is 0 Å². The van der Waals surface area contributed by atoms with Gasteiger partial charge in [0.25, 0.3) is 11.8 Å². The highest BCUT2D eigenvalue weighted by molar-refractivity contribution is 6.04. The van der Waals surface area contributed by atoms with Gasteiger partial charge in [-0.05, 0) is 42.8 Å². The normalized spacial score (nSPS) is 10.6. The van der Waals surface area contributed by atoms with Gasteiger partial charge < -0.3 is 14.9 Å². The first-order valence-electron chi connectivity index (χ1n) is 8.57. The van der Waals surface area contributed by atoms with Crippen molar-refractivity contribution >= 4 is 11.6 Å². The molecule has 7 heteroatoms. The van der Waals surface area contributed by atoms with E-state index in [1.54, 1.807) is 42.6 Å². The summed E-state index contributed by atoms with van der Waals surface area (Å²) in [5.74, 6) is 0.157. The number of carbonyl (C=O) groups is 1. The van der Waals surface area contributed by atoms with E-state index >= 15 is 0 Å². The summed E-state index contributed by atoms with van der Waals surface area (Å²) < 4.78 is 5.28. The average molecular weight is 372 g/mol. The number of aromatic hydroxyl groups is 1. The molecule has 4 aromatic rings. The van der Waals surface area contributed by atoms with Crippen LogP contribution < -0.4 is 5.32 Å². The van der Waals surface area contributed by atoms with Crippen LogP contribution in [0.4, 0.5) is 5.69 Å². The SMILES string of the molecule is Cc1cccnc1-c1noc(-c2ccc(NC(=O)c3ccccc3)cc2O)n1. The van der Waals surface area contributed by atoms with Gasteiger partial charge in [0.1, 0.15) is 11.4 Å². The molecule has 0 bridgehead atoms. The van der Waals surface area contributed by atoms with Crippen molar-refractivity contribution in [2.75, 3.05) is 5.32 Å². The Morgan fingerprint density at radius 3 is 2.64 bits per heavy atom. The summed E-state index contributed by atoms with van der Waals surface area (Å²) in [6.07, 6.45) is 1.65. The number of aryl methyl sites for hydroxylation is 1. The van der Waals surface area contributed by atoms with Gasteiger partial charge in [0.15, 0.2) is 0 Å². The van der Waals surface area contributed by atoms with Crippen LogP contribution in [0.5, 0.6) is 5.75 Å². The van der Waals surface area contributed by atoms with Gasteiger partial charge >= 0.3 is 0 Å². The van der Waals surface area contributed by atoms with Gasteiger partial charge in [0.2, 0.25) is 5.82 Å². The quantitative estimate of drug-likeness (QED) is 0.560. The second-order valence-electron chi connectivity index (χ2n) is 6.14. The number of benzene rings is 2. The number of aromatic nitrogens is 3. The minimum absolute atomic E-state index is 0.0844. The average Bonchev–Trinajstić information content (AvgIpc) is 3.18. The molecule has 138 valence electrons. The zero-order chi connectivity index (χ0) is 19.5. The largest absolute Gasteiger partial charge is 0.507 e. The predicted molar refractivity (Wildman–Crippen MR) is 104 cm³/mol. The van der Waals surface area contributed by atoms with Crippen molar-refractivity contribution in [2.24, 2.45) is 0 Å². The molecule has 2 heterocycles. The molecule has 7 nitrogen and oxygen atoms in total. The van der Waals surface area contributed by atoms with Gasteiger partial charge in [-0.3, -0.25) is 9.78 Å². The van der Waals surface area contributed by atoms with Crippen LogP contribution in [-0.2, 0) is 0 Å². The number of phenols is 1. The fourth-order valence-electron chi connectivity index (χ4n) is 2.73. The van der Waals surface area contributed by atoms with Gasteiger partial charge in [-0.15, -0.1) is 0 Å². The number of nitrogens with one attached hydrogen (secondary N) is 1. The zero-order valence-corrected chi connectivity index (χ0v) is 15.0. The number of hydrogen-bond acceptors (Lipinski definition) is 6. The van der Waals surface area contributed by atoms with E-state index in [-0.39, 0.29) is 17.5 Å². The molecule has 0 atom stereocenters. The number of amides is 1. The van der Waals surface area contributed by atoms with Gasteiger partial charge in [-0.1, -0.05) is 29.4 Å². The Labute approximate surface area is 160 Å². The standard InChI is InChI=1S/C21H16N4O3/c1-13-6-5-11-22-18(13)19-24-21(28-25-19)16-10-9-15(12-17(16)26)23-20(27)14-7-3-2-4-8-14/h2-12,26H,1H3,(H,23,27). The monoisotopic (exact) mass is 372 g/mol. The van der Waals surface area contributed by atoms with Crippen LogP contribution >= 0.6 is 0 Å². The maximum Gasteiger partial charge on any atom is 0.262 e. The highest BCUT2D eigenvalue weighted by atomic mass is 16.5. The lowest BCUT2D eigenvalue weighted by Gasteiger charge is -2.07. The number of rotatable bonds is 4. The molecular weight excluding hydrogens is 356 g/mol. The summed E-state index contributed by atoms with van der Waals surface area (Å²) in [6.45, 7) is 1.90. The fraction of sp³-hybridized carbons (Fsp3) is 0.0476. The van der Waals surface area contributed by atoms with Crippen LogP contribution in [0.15, 0.2) is 71.4 Å². The molecule has 2 N–H and O–H groups in total. The molecule has 0 saturated heterocycles. The van der Waals surface area contributed by atoms with Gasteiger partial charge in [-0.2, -0.15) is 4.98 Å². The Bertz CT molecular complexity index is 1140. The van der Waals surface area contributed by atoms with E-state index < -0.39 is 0 Å². The fourth-order valence-corrected chi connectivity index (χ4v) is 2.73. The molecule has 0 aliphatic carbocycles. The minimum Gasteiger partial charge on any atom is -0.507 e. The summed E-state index contributed by atoms with van der Waals surface area (Å²) in [5.41, 5.74) is 2.88. The highest BCUT2D eigenvalue weighted by Crippen LogP contribution is 2.32. The number of phenolic OH excluding ortho intramolecular Hbond substituents is 1. The Balaban J connectivity index is 1.57. The Morgan fingerprint density at radius 1 is 1.07 bits per heavy atom. The minimum atomic E-state index is -0.265. The lowest BCUT2D eigenvalue weighted by atomic mass is 10.1. The third-order valence-electron chi connectivity index (χ3n) is 4.17. The zero-order valence-electron chi connectivity index (χ0n) is 15.0. The topological polar surface area (TPSA) is 101 Å². The van der Waals surface area contributed by atoms with E-state index in [9.17, 15) is 9.90 Å². The number of anilines is 1. The molecule has 0 aliphatic heterocycles. The van der Waals surface area contributed by atoms with E-state index in [0.717, 1.165) is 5.56 Å². The molecule has 0 spiro atoms. The van der Waals surface area contributed by atoms with Crippen molar-refractivity contribution in [3.63, 3.8) is 0 Å². The molecule has 4 rings (SSSR count). The summed E-state index contributed by atoms with van der Waals surface area (Å²) >= 11 is 0. The summed E-state index contributed by atoms with van der Waals surface area (Å²) in [4.78, 5) is 20.8. The van der Waals surface area contributed by atoms with Crippen molar-refractivity contribution in [2.45, 2.75) is 6.92 Å². The molecule has 1 amide bonds. The van der Waals surface area contributed by atoms with E-state index in [0.29, 0.717) is 28.3 Å². The van der Waals surface area contributed by atoms with E-state index in [4.69, 9.17) is 4.52 Å². The molecule has 2 aromatic carbocycles. The molecule has 0 unspecified atom stereocenters. The second-order valence-corrected chi connectivity index (χ2v) is 6.14. The van der Waals surface area contributed by atoms with E-state index in [1.165, 1.54) is 6.07 Å².